The van der Waals surface area contributed by atoms with Gasteiger partial charge in [-0.05, 0) is 48.9 Å². The van der Waals surface area contributed by atoms with Crippen LogP contribution in [0.2, 0.25) is 0 Å². The molecule has 0 aromatic heterocycles. The van der Waals surface area contributed by atoms with E-state index in [-0.39, 0.29) is 5.91 Å². The molecule has 0 spiro atoms. The summed E-state index contributed by atoms with van der Waals surface area (Å²) in [6.45, 7) is 1.83. The molecule has 0 aliphatic heterocycles. The van der Waals surface area contributed by atoms with Gasteiger partial charge in [0.25, 0.3) is 5.91 Å². The van der Waals surface area contributed by atoms with Crippen LogP contribution in [0.25, 0.3) is 0 Å². The fourth-order valence-electron chi connectivity index (χ4n) is 1.66. The molecule has 0 saturated carbocycles. The largest absolute Gasteiger partial charge is 0.399 e. The zero-order valence-electron chi connectivity index (χ0n) is 10.1. The van der Waals surface area contributed by atoms with Gasteiger partial charge in [-0.1, -0.05) is 6.07 Å². The minimum absolute atomic E-state index is 0.176. The van der Waals surface area contributed by atoms with Gasteiger partial charge >= 0.3 is 0 Å². The zero-order chi connectivity index (χ0) is 13.1. The molecule has 4 heteroatoms. The fourth-order valence-corrected chi connectivity index (χ4v) is 1.66. The van der Waals surface area contributed by atoms with Crippen molar-refractivity contribution >= 4 is 23.0 Å². The molecule has 0 bridgehead atoms. The maximum atomic E-state index is 12.1. The smallest absolute Gasteiger partial charge is 0.256 e. The first-order valence-electron chi connectivity index (χ1n) is 5.60. The second kappa shape index (κ2) is 4.79. The van der Waals surface area contributed by atoms with E-state index in [9.17, 15) is 4.79 Å². The van der Waals surface area contributed by atoms with Crippen LogP contribution in [0.5, 0.6) is 0 Å². The highest BCUT2D eigenvalue weighted by atomic mass is 16.1. The Morgan fingerprint density at radius 3 is 2.39 bits per heavy atom. The number of carbonyl (C=O) groups is 1. The first kappa shape index (κ1) is 12.0. The highest BCUT2D eigenvalue weighted by Crippen LogP contribution is 2.18. The summed E-state index contributed by atoms with van der Waals surface area (Å²) in [6, 6.07) is 12.3. The molecule has 2 aromatic carbocycles. The highest BCUT2D eigenvalue weighted by molar-refractivity contribution is 6.06. The van der Waals surface area contributed by atoms with Crippen molar-refractivity contribution in [2.45, 2.75) is 6.92 Å². The molecule has 92 valence electrons. The lowest BCUT2D eigenvalue weighted by Gasteiger charge is -2.09. The Bertz CT molecular complexity index is 576. The average molecular weight is 241 g/mol. The summed E-state index contributed by atoms with van der Waals surface area (Å²) < 4.78 is 0. The molecule has 0 aliphatic carbocycles. The molecule has 4 nitrogen and oxygen atoms in total. The van der Waals surface area contributed by atoms with Crippen LogP contribution in [0.4, 0.5) is 17.1 Å². The SMILES string of the molecule is Cc1c(N)cccc1C(=O)Nc1ccc(N)cc1. The van der Waals surface area contributed by atoms with E-state index in [0.29, 0.717) is 22.6 Å². The number of rotatable bonds is 2. The normalized spacial score (nSPS) is 10.1. The third kappa shape index (κ3) is 2.43. The lowest BCUT2D eigenvalue weighted by molar-refractivity contribution is 0.102. The third-order valence-electron chi connectivity index (χ3n) is 2.79. The summed E-state index contributed by atoms with van der Waals surface area (Å²) in [4.78, 5) is 12.1. The second-order valence-electron chi connectivity index (χ2n) is 4.10. The van der Waals surface area contributed by atoms with E-state index in [1.807, 2.05) is 6.92 Å². The van der Waals surface area contributed by atoms with E-state index in [1.165, 1.54) is 0 Å². The summed E-state index contributed by atoms with van der Waals surface area (Å²) in [5.41, 5.74) is 14.7. The molecule has 0 saturated heterocycles. The number of nitrogens with two attached hydrogens (primary N) is 2. The molecular formula is C14H15N3O. The number of amides is 1. The summed E-state index contributed by atoms with van der Waals surface area (Å²) in [6.07, 6.45) is 0. The first-order chi connectivity index (χ1) is 8.58. The Labute approximate surface area is 106 Å². The van der Waals surface area contributed by atoms with Gasteiger partial charge in [0, 0.05) is 22.6 Å². The van der Waals surface area contributed by atoms with Crippen LogP contribution in [0, 0.1) is 6.92 Å². The summed E-state index contributed by atoms with van der Waals surface area (Å²) >= 11 is 0. The number of nitrogens with one attached hydrogen (secondary N) is 1. The van der Waals surface area contributed by atoms with Gasteiger partial charge in [-0.15, -0.1) is 0 Å². The predicted octanol–water partition coefficient (Wildman–Crippen LogP) is 2.41. The van der Waals surface area contributed by atoms with Gasteiger partial charge in [0.15, 0.2) is 0 Å². The Morgan fingerprint density at radius 2 is 1.72 bits per heavy atom. The van der Waals surface area contributed by atoms with Crippen LogP contribution in [0.15, 0.2) is 42.5 Å². The van der Waals surface area contributed by atoms with E-state index >= 15 is 0 Å². The van der Waals surface area contributed by atoms with Crippen LogP contribution in [0.1, 0.15) is 15.9 Å². The average Bonchev–Trinajstić information content (AvgIpc) is 2.35. The molecule has 0 aliphatic rings. The monoisotopic (exact) mass is 241 g/mol. The molecule has 0 fully saturated rings. The lowest BCUT2D eigenvalue weighted by atomic mass is 10.1. The molecule has 2 aromatic rings. The van der Waals surface area contributed by atoms with Crippen LogP contribution in [-0.4, -0.2) is 5.91 Å². The van der Waals surface area contributed by atoms with Crippen molar-refractivity contribution in [2.75, 3.05) is 16.8 Å². The third-order valence-corrected chi connectivity index (χ3v) is 2.79. The Kier molecular flexibility index (Phi) is 3.19. The van der Waals surface area contributed by atoms with Gasteiger partial charge in [0.1, 0.15) is 0 Å². The lowest BCUT2D eigenvalue weighted by Crippen LogP contribution is -2.14. The number of nitrogen functional groups attached to an aromatic ring is 2. The maximum Gasteiger partial charge on any atom is 0.256 e. The zero-order valence-corrected chi connectivity index (χ0v) is 10.1. The predicted molar refractivity (Wildman–Crippen MR) is 74.4 cm³/mol. The van der Waals surface area contributed by atoms with Crippen LogP contribution >= 0.6 is 0 Å². The molecule has 18 heavy (non-hydrogen) atoms. The van der Waals surface area contributed by atoms with E-state index in [1.54, 1.807) is 42.5 Å². The van der Waals surface area contributed by atoms with Gasteiger partial charge in [-0.25, -0.2) is 0 Å². The van der Waals surface area contributed by atoms with Gasteiger partial charge in [-0.3, -0.25) is 4.79 Å². The van der Waals surface area contributed by atoms with Crippen molar-refractivity contribution in [1.29, 1.82) is 0 Å². The summed E-state index contributed by atoms with van der Waals surface area (Å²) in [5, 5.41) is 2.80. The van der Waals surface area contributed by atoms with Crippen LogP contribution in [0.3, 0.4) is 0 Å². The van der Waals surface area contributed by atoms with Crippen molar-refractivity contribution in [3.05, 3.63) is 53.6 Å². The highest BCUT2D eigenvalue weighted by Gasteiger charge is 2.10. The van der Waals surface area contributed by atoms with Gasteiger partial charge in [-0.2, -0.15) is 0 Å². The van der Waals surface area contributed by atoms with Crippen molar-refractivity contribution in [1.82, 2.24) is 0 Å². The van der Waals surface area contributed by atoms with Gasteiger partial charge < -0.3 is 16.8 Å². The fraction of sp³-hybridized carbons (Fsp3) is 0.0714. The maximum absolute atomic E-state index is 12.1. The molecule has 2 rings (SSSR count). The topological polar surface area (TPSA) is 81.1 Å². The van der Waals surface area contributed by atoms with E-state index in [2.05, 4.69) is 5.32 Å². The number of hydrogen-bond donors (Lipinski definition) is 3. The Hall–Kier alpha value is -2.49. The quantitative estimate of drug-likeness (QED) is 0.706. The molecule has 1 amide bonds. The number of anilines is 3. The minimum Gasteiger partial charge on any atom is -0.399 e. The van der Waals surface area contributed by atoms with Crippen LogP contribution < -0.4 is 16.8 Å². The standard InChI is InChI=1S/C14H15N3O/c1-9-12(3-2-4-13(9)16)14(18)17-11-7-5-10(15)6-8-11/h2-8H,15-16H2,1H3,(H,17,18). The van der Waals surface area contributed by atoms with E-state index in [0.717, 1.165) is 5.56 Å². The van der Waals surface area contributed by atoms with Crippen molar-refractivity contribution in [3.8, 4) is 0 Å². The second-order valence-corrected chi connectivity index (χ2v) is 4.10. The van der Waals surface area contributed by atoms with Crippen molar-refractivity contribution < 1.29 is 4.79 Å². The summed E-state index contributed by atoms with van der Waals surface area (Å²) in [7, 11) is 0. The van der Waals surface area contributed by atoms with Gasteiger partial charge in [0.05, 0.1) is 0 Å². The van der Waals surface area contributed by atoms with Crippen LogP contribution in [-0.2, 0) is 0 Å². The molecule has 0 radical (unpaired) electrons. The molecular weight excluding hydrogens is 226 g/mol. The first-order valence-corrected chi connectivity index (χ1v) is 5.60. The minimum atomic E-state index is -0.176. The van der Waals surface area contributed by atoms with Crippen molar-refractivity contribution in [2.24, 2.45) is 0 Å². The van der Waals surface area contributed by atoms with E-state index < -0.39 is 0 Å². The number of benzene rings is 2. The Balaban J connectivity index is 2.22. The summed E-state index contributed by atoms with van der Waals surface area (Å²) in [5.74, 6) is -0.176. The van der Waals surface area contributed by atoms with Crippen molar-refractivity contribution in [3.63, 3.8) is 0 Å². The molecule has 0 atom stereocenters. The van der Waals surface area contributed by atoms with E-state index in [4.69, 9.17) is 11.5 Å². The molecule has 5 N–H and O–H groups in total. The molecule has 0 unspecified atom stereocenters. The Morgan fingerprint density at radius 1 is 1.06 bits per heavy atom. The number of carbonyl (C=O) groups excluding carboxylic acids is 1. The van der Waals surface area contributed by atoms with Gasteiger partial charge in [0.2, 0.25) is 0 Å². The molecule has 0 heterocycles. The number of hydrogen-bond acceptors (Lipinski definition) is 3.